The van der Waals surface area contributed by atoms with Crippen molar-refractivity contribution in [2.24, 2.45) is 0 Å². The Balaban J connectivity index is 2.99. The second-order valence-corrected chi connectivity index (χ2v) is 4.27. The number of aliphatic carboxylic acids is 2. The smallest absolute Gasteiger partial charge is 0.326 e. The molecule has 0 aliphatic heterocycles. The summed E-state index contributed by atoms with van der Waals surface area (Å²) in [4.78, 5) is 21.6. The van der Waals surface area contributed by atoms with Crippen LogP contribution >= 0.6 is 0 Å². The van der Waals surface area contributed by atoms with Gasteiger partial charge in [-0.05, 0) is 37.1 Å². The number of carbonyl (C=O) groups is 2. The van der Waals surface area contributed by atoms with Crippen molar-refractivity contribution in [1.82, 2.24) is 0 Å². The van der Waals surface area contributed by atoms with E-state index in [1.807, 2.05) is 6.92 Å². The van der Waals surface area contributed by atoms with E-state index in [9.17, 15) is 9.59 Å². The average molecular weight is 267 g/mol. The molecule has 0 fully saturated rings. The van der Waals surface area contributed by atoms with Crippen LogP contribution in [0.2, 0.25) is 0 Å². The lowest BCUT2D eigenvalue weighted by Crippen LogP contribution is -2.32. The Morgan fingerprint density at radius 2 is 1.89 bits per heavy atom. The minimum absolute atomic E-state index is 0.486. The van der Waals surface area contributed by atoms with Crippen molar-refractivity contribution in [3.8, 4) is 5.75 Å². The molecule has 104 valence electrons. The van der Waals surface area contributed by atoms with E-state index in [0.717, 1.165) is 11.1 Å². The third-order valence-corrected chi connectivity index (χ3v) is 2.75. The van der Waals surface area contributed by atoms with Crippen LogP contribution in [0.1, 0.15) is 17.5 Å². The van der Waals surface area contributed by atoms with E-state index in [-0.39, 0.29) is 0 Å². The van der Waals surface area contributed by atoms with Crippen molar-refractivity contribution in [2.45, 2.75) is 26.3 Å². The lowest BCUT2D eigenvalue weighted by Gasteiger charge is -2.17. The Hall–Kier alpha value is -2.24. The molecule has 6 heteroatoms. The Morgan fingerprint density at radius 1 is 1.26 bits per heavy atom. The Kier molecular flexibility index (Phi) is 4.74. The number of anilines is 1. The molecule has 0 aromatic heterocycles. The summed E-state index contributed by atoms with van der Waals surface area (Å²) in [6.45, 7) is 3.63. The zero-order chi connectivity index (χ0) is 14.6. The molecule has 1 aromatic carbocycles. The fourth-order valence-electron chi connectivity index (χ4n) is 1.73. The van der Waals surface area contributed by atoms with E-state index in [1.54, 1.807) is 26.2 Å². The Labute approximate surface area is 111 Å². The first-order valence-corrected chi connectivity index (χ1v) is 5.71. The average Bonchev–Trinajstić information content (AvgIpc) is 2.31. The monoisotopic (exact) mass is 267 g/mol. The number of carboxylic acids is 2. The number of methoxy groups -OCH3 is 1. The summed E-state index contributed by atoms with van der Waals surface area (Å²) in [5, 5.41) is 20.4. The molecular weight excluding hydrogens is 250 g/mol. The van der Waals surface area contributed by atoms with Crippen molar-refractivity contribution in [3.05, 3.63) is 23.3 Å². The van der Waals surface area contributed by atoms with E-state index < -0.39 is 24.4 Å². The molecule has 0 saturated carbocycles. The third kappa shape index (κ3) is 3.87. The second-order valence-electron chi connectivity index (χ2n) is 4.27. The van der Waals surface area contributed by atoms with Crippen LogP contribution in [0.3, 0.4) is 0 Å². The topological polar surface area (TPSA) is 95.9 Å². The van der Waals surface area contributed by atoms with Crippen LogP contribution in [0.25, 0.3) is 0 Å². The van der Waals surface area contributed by atoms with Gasteiger partial charge in [-0.3, -0.25) is 4.79 Å². The highest BCUT2D eigenvalue weighted by Gasteiger charge is 2.21. The standard InChI is InChI=1S/C13H17NO5/c1-7-5-11(19-3)8(2)4-9(7)14-10(13(17)18)6-12(15)16/h4-5,10,14H,6H2,1-3H3,(H,15,16)(H,17,18). The number of hydrogen-bond acceptors (Lipinski definition) is 4. The first-order valence-electron chi connectivity index (χ1n) is 5.71. The molecule has 0 radical (unpaired) electrons. The molecule has 0 bridgehead atoms. The molecule has 1 aromatic rings. The maximum atomic E-state index is 11.0. The summed E-state index contributed by atoms with van der Waals surface area (Å²) in [5.74, 6) is -1.66. The van der Waals surface area contributed by atoms with Gasteiger partial charge in [-0.1, -0.05) is 0 Å². The van der Waals surface area contributed by atoms with E-state index in [1.165, 1.54) is 0 Å². The first-order chi connectivity index (χ1) is 8.85. The number of benzene rings is 1. The number of ether oxygens (including phenoxy) is 1. The summed E-state index contributed by atoms with van der Waals surface area (Å²) < 4.78 is 5.16. The summed E-state index contributed by atoms with van der Waals surface area (Å²) in [6, 6.07) is 2.35. The predicted octanol–water partition coefficient (Wildman–Crippen LogP) is 1.65. The van der Waals surface area contributed by atoms with Gasteiger partial charge in [0, 0.05) is 5.69 Å². The third-order valence-electron chi connectivity index (χ3n) is 2.75. The molecule has 0 spiro atoms. The largest absolute Gasteiger partial charge is 0.496 e. The van der Waals surface area contributed by atoms with Crippen molar-refractivity contribution >= 4 is 17.6 Å². The van der Waals surface area contributed by atoms with Gasteiger partial charge in [-0.15, -0.1) is 0 Å². The van der Waals surface area contributed by atoms with Gasteiger partial charge >= 0.3 is 11.9 Å². The zero-order valence-corrected chi connectivity index (χ0v) is 11.1. The number of rotatable bonds is 6. The van der Waals surface area contributed by atoms with Gasteiger partial charge in [0.2, 0.25) is 0 Å². The van der Waals surface area contributed by atoms with Crippen molar-refractivity contribution < 1.29 is 24.5 Å². The summed E-state index contributed by atoms with van der Waals surface area (Å²) >= 11 is 0. The molecule has 0 aliphatic carbocycles. The van der Waals surface area contributed by atoms with Gasteiger partial charge in [0.25, 0.3) is 0 Å². The van der Waals surface area contributed by atoms with Gasteiger partial charge in [0.1, 0.15) is 11.8 Å². The van der Waals surface area contributed by atoms with Crippen LogP contribution in [0.15, 0.2) is 12.1 Å². The highest BCUT2D eigenvalue weighted by molar-refractivity contribution is 5.83. The van der Waals surface area contributed by atoms with Crippen LogP contribution in [0.5, 0.6) is 5.75 Å². The minimum Gasteiger partial charge on any atom is -0.496 e. The van der Waals surface area contributed by atoms with Crippen LogP contribution < -0.4 is 10.1 Å². The number of hydrogen-bond donors (Lipinski definition) is 3. The van der Waals surface area contributed by atoms with Crippen LogP contribution in [0, 0.1) is 13.8 Å². The van der Waals surface area contributed by atoms with Crippen molar-refractivity contribution in [1.29, 1.82) is 0 Å². The molecule has 3 N–H and O–H groups in total. The van der Waals surface area contributed by atoms with E-state index in [2.05, 4.69) is 5.32 Å². The lowest BCUT2D eigenvalue weighted by molar-refractivity contribution is -0.144. The van der Waals surface area contributed by atoms with E-state index >= 15 is 0 Å². The summed E-state index contributed by atoms with van der Waals surface area (Å²) in [6.07, 6.45) is -0.486. The van der Waals surface area contributed by atoms with Crippen molar-refractivity contribution in [3.63, 3.8) is 0 Å². The zero-order valence-electron chi connectivity index (χ0n) is 11.1. The molecule has 0 aliphatic rings. The Bertz CT molecular complexity index is 498. The normalized spacial score (nSPS) is 11.7. The number of carboxylic acid groups (broad SMARTS) is 2. The van der Waals surface area contributed by atoms with Gasteiger partial charge in [-0.2, -0.15) is 0 Å². The van der Waals surface area contributed by atoms with E-state index in [4.69, 9.17) is 14.9 Å². The second kappa shape index (κ2) is 6.08. The maximum absolute atomic E-state index is 11.0. The number of nitrogens with one attached hydrogen (secondary N) is 1. The molecule has 6 nitrogen and oxygen atoms in total. The Morgan fingerprint density at radius 3 is 2.37 bits per heavy atom. The molecule has 19 heavy (non-hydrogen) atoms. The first kappa shape index (κ1) is 14.8. The fourth-order valence-corrected chi connectivity index (χ4v) is 1.73. The SMILES string of the molecule is COc1cc(C)c(NC(CC(=O)O)C(=O)O)cc1C. The van der Waals surface area contributed by atoms with Gasteiger partial charge in [0.15, 0.2) is 0 Å². The number of aryl methyl sites for hydroxylation is 2. The molecule has 1 atom stereocenters. The molecule has 1 rings (SSSR count). The maximum Gasteiger partial charge on any atom is 0.326 e. The predicted molar refractivity (Wildman–Crippen MR) is 69.8 cm³/mol. The van der Waals surface area contributed by atoms with E-state index in [0.29, 0.717) is 11.4 Å². The van der Waals surface area contributed by atoms with Crippen molar-refractivity contribution in [2.75, 3.05) is 12.4 Å². The quantitative estimate of drug-likeness (QED) is 0.725. The highest BCUT2D eigenvalue weighted by Crippen LogP contribution is 2.26. The lowest BCUT2D eigenvalue weighted by atomic mass is 10.1. The summed E-state index contributed by atoms with van der Waals surface area (Å²) in [7, 11) is 1.55. The van der Waals surface area contributed by atoms with Gasteiger partial charge < -0.3 is 20.3 Å². The summed E-state index contributed by atoms with van der Waals surface area (Å²) in [5.41, 5.74) is 2.22. The minimum atomic E-state index is -1.20. The molecular formula is C13H17NO5. The van der Waals surface area contributed by atoms with Crippen LogP contribution in [-0.2, 0) is 9.59 Å². The molecule has 0 heterocycles. The molecule has 0 saturated heterocycles. The van der Waals surface area contributed by atoms with Gasteiger partial charge in [-0.25, -0.2) is 4.79 Å². The molecule has 1 unspecified atom stereocenters. The van der Waals surface area contributed by atoms with Crippen LogP contribution in [-0.4, -0.2) is 35.3 Å². The van der Waals surface area contributed by atoms with Crippen LogP contribution in [0.4, 0.5) is 5.69 Å². The molecule has 0 amide bonds. The van der Waals surface area contributed by atoms with Gasteiger partial charge in [0.05, 0.1) is 13.5 Å². The highest BCUT2D eigenvalue weighted by atomic mass is 16.5. The fraction of sp³-hybridized carbons (Fsp3) is 0.385.